The SMILES string of the molecule is CC(C)n1c(Br)cnc1-c1ccc(Cl)o1. The van der Waals surface area contributed by atoms with Gasteiger partial charge in [0.2, 0.25) is 0 Å². The van der Waals surface area contributed by atoms with Gasteiger partial charge in [0.15, 0.2) is 16.8 Å². The van der Waals surface area contributed by atoms with Gasteiger partial charge < -0.3 is 8.98 Å². The zero-order valence-corrected chi connectivity index (χ0v) is 10.7. The zero-order chi connectivity index (χ0) is 11.0. The van der Waals surface area contributed by atoms with E-state index in [1.807, 2.05) is 10.6 Å². The van der Waals surface area contributed by atoms with E-state index in [1.165, 1.54) is 0 Å². The lowest BCUT2D eigenvalue weighted by molar-refractivity contribution is 0.549. The molecule has 0 fully saturated rings. The second-order valence-corrected chi connectivity index (χ2v) is 4.66. The minimum Gasteiger partial charge on any atom is -0.441 e. The van der Waals surface area contributed by atoms with Crippen LogP contribution in [0.3, 0.4) is 0 Å². The minimum atomic E-state index is 0.306. The van der Waals surface area contributed by atoms with Crippen molar-refractivity contribution in [3.63, 3.8) is 0 Å². The summed E-state index contributed by atoms with van der Waals surface area (Å²) in [5.74, 6) is 1.46. The summed E-state index contributed by atoms with van der Waals surface area (Å²) >= 11 is 9.18. The van der Waals surface area contributed by atoms with Gasteiger partial charge in [-0.05, 0) is 53.5 Å². The fraction of sp³-hybridized carbons (Fsp3) is 0.300. The highest BCUT2D eigenvalue weighted by atomic mass is 79.9. The molecule has 80 valence electrons. The van der Waals surface area contributed by atoms with Gasteiger partial charge in [-0.2, -0.15) is 0 Å². The number of aromatic nitrogens is 2. The predicted octanol–water partition coefficient (Wildman–Crippen LogP) is 4.14. The van der Waals surface area contributed by atoms with Crippen molar-refractivity contribution >= 4 is 27.5 Å². The fourth-order valence-corrected chi connectivity index (χ4v) is 2.27. The van der Waals surface area contributed by atoms with Crippen LogP contribution in [-0.2, 0) is 0 Å². The Morgan fingerprint density at radius 1 is 1.47 bits per heavy atom. The van der Waals surface area contributed by atoms with E-state index < -0.39 is 0 Å². The van der Waals surface area contributed by atoms with E-state index in [9.17, 15) is 0 Å². The molecule has 5 heteroatoms. The summed E-state index contributed by atoms with van der Waals surface area (Å²) < 4.78 is 8.30. The molecule has 2 rings (SSSR count). The Kier molecular flexibility index (Phi) is 2.89. The summed E-state index contributed by atoms with van der Waals surface area (Å²) in [5, 5.41) is 0.374. The van der Waals surface area contributed by atoms with Crippen LogP contribution in [0.5, 0.6) is 0 Å². The molecule has 0 N–H and O–H groups in total. The molecule has 0 aliphatic heterocycles. The minimum absolute atomic E-state index is 0.306. The van der Waals surface area contributed by atoms with E-state index in [0.717, 1.165) is 10.4 Å². The summed E-state index contributed by atoms with van der Waals surface area (Å²) in [4.78, 5) is 4.28. The van der Waals surface area contributed by atoms with E-state index in [4.69, 9.17) is 16.0 Å². The summed E-state index contributed by atoms with van der Waals surface area (Å²) in [6.07, 6.45) is 1.76. The first kappa shape index (κ1) is 10.8. The first-order chi connectivity index (χ1) is 7.09. The van der Waals surface area contributed by atoms with Crippen LogP contribution in [0.4, 0.5) is 0 Å². The highest BCUT2D eigenvalue weighted by molar-refractivity contribution is 9.10. The number of nitrogens with zero attached hydrogens (tertiary/aromatic N) is 2. The second kappa shape index (κ2) is 4.02. The van der Waals surface area contributed by atoms with Gasteiger partial charge in [0.05, 0.1) is 6.20 Å². The van der Waals surface area contributed by atoms with Crippen molar-refractivity contribution in [1.29, 1.82) is 0 Å². The number of rotatable bonds is 2. The molecule has 2 aromatic heterocycles. The third kappa shape index (κ3) is 1.96. The van der Waals surface area contributed by atoms with Crippen LogP contribution < -0.4 is 0 Å². The van der Waals surface area contributed by atoms with Gasteiger partial charge in [0, 0.05) is 6.04 Å². The molecular formula is C10H10BrClN2O. The number of halogens is 2. The van der Waals surface area contributed by atoms with Gasteiger partial charge in [-0.15, -0.1) is 0 Å². The standard InChI is InChI=1S/C10H10BrClN2O/c1-6(2)14-8(11)5-13-10(14)7-3-4-9(12)15-7/h3-6H,1-2H3. The average Bonchev–Trinajstić information content (AvgIpc) is 2.71. The van der Waals surface area contributed by atoms with Crippen LogP contribution in [0, 0.1) is 0 Å². The first-order valence-corrected chi connectivity index (χ1v) is 5.75. The van der Waals surface area contributed by atoms with Crippen LogP contribution in [-0.4, -0.2) is 9.55 Å². The van der Waals surface area contributed by atoms with Gasteiger partial charge >= 0.3 is 0 Å². The fourth-order valence-electron chi connectivity index (χ4n) is 1.45. The quantitative estimate of drug-likeness (QED) is 0.832. The Labute approximate surface area is 101 Å². The lowest BCUT2D eigenvalue weighted by Crippen LogP contribution is -2.02. The van der Waals surface area contributed by atoms with E-state index >= 15 is 0 Å². The summed E-state index contributed by atoms with van der Waals surface area (Å²) in [6, 6.07) is 3.83. The van der Waals surface area contributed by atoms with E-state index in [1.54, 1.807) is 12.3 Å². The molecule has 0 aromatic carbocycles. The Hall–Kier alpha value is -0.740. The Morgan fingerprint density at radius 3 is 2.73 bits per heavy atom. The number of hydrogen-bond acceptors (Lipinski definition) is 2. The highest BCUT2D eigenvalue weighted by Crippen LogP contribution is 2.29. The van der Waals surface area contributed by atoms with Crippen LogP contribution >= 0.6 is 27.5 Å². The molecule has 0 unspecified atom stereocenters. The van der Waals surface area contributed by atoms with Crippen molar-refractivity contribution in [2.45, 2.75) is 19.9 Å². The molecule has 0 radical (unpaired) electrons. The molecule has 2 aromatic rings. The molecule has 15 heavy (non-hydrogen) atoms. The van der Waals surface area contributed by atoms with Gasteiger partial charge in [-0.25, -0.2) is 4.98 Å². The van der Waals surface area contributed by atoms with E-state index in [-0.39, 0.29) is 0 Å². The molecule has 3 nitrogen and oxygen atoms in total. The van der Waals surface area contributed by atoms with Crippen molar-refractivity contribution in [3.8, 4) is 11.6 Å². The van der Waals surface area contributed by atoms with E-state index in [2.05, 4.69) is 34.8 Å². The third-order valence-electron chi connectivity index (χ3n) is 2.06. The summed E-state index contributed by atoms with van der Waals surface area (Å²) in [6.45, 7) is 4.17. The smallest absolute Gasteiger partial charge is 0.194 e. The summed E-state index contributed by atoms with van der Waals surface area (Å²) in [7, 11) is 0. The Bertz CT molecular complexity index is 475. The third-order valence-corrected chi connectivity index (χ3v) is 2.85. The normalized spacial score (nSPS) is 11.3. The maximum Gasteiger partial charge on any atom is 0.194 e. The van der Waals surface area contributed by atoms with Crippen LogP contribution in [0.15, 0.2) is 27.3 Å². The monoisotopic (exact) mass is 288 g/mol. The lowest BCUT2D eigenvalue weighted by Gasteiger charge is -2.11. The van der Waals surface area contributed by atoms with Crippen molar-refractivity contribution in [2.24, 2.45) is 0 Å². The van der Waals surface area contributed by atoms with Gasteiger partial charge in [-0.1, -0.05) is 0 Å². The molecule has 2 heterocycles. The van der Waals surface area contributed by atoms with Gasteiger partial charge in [-0.3, -0.25) is 0 Å². The molecule has 0 bridgehead atoms. The van der Waals surface area contributed by atoms with Crippen LogP contribution in [0.2, 0.25) is 5.22 Å². The van der Waals surface area contributed by atoms with Crippen LogP contribution in [0.1, 0.15) is 19.9 Å². The number of imidazole rings is 1. The molecule has 0 spiro atoms. The van der Waals surface area contributed by atoms with Crippen molar-refractivity contribution in [2.75, 3.05) is 0 Å². The van der Waals surface area contributed by atoms with E-state index in [0.29, 0.717) is 17.0 Å². The van der Waals surface area contributed by atoms with Crippen LogP contribution in [0.25, 0.3) is 11.6 Å². The van der Waals surface area contributed by atoms with Crippen molar-refractivity contribution in [1.82, 2.24) is 9.55 Å². The Balaban J connectivity index is 2.53. The number of furan rings is 1. The summed E-state index contributed by atoms with van der Waals surface area (Å²) in [5.41, 5.74) is 0. The van der Waals surface area contributed by atoms with Crippen molar-refractivity contribution < 1.29 is 4.42 Å². The Morgan fingerprint density at radius 2 is 2.20 bits per heavy atom. The number of hydrogen-bond donors (Lipinski definition) is 0. The van der Waals surface area contributed by atoms with Crippen molar-refractivity contribution in [3.05, 3.63) is 28.2 Å². The maximum absolute atomic E-state index is 5.73. The maximum atomic E-state index is 5.73. The second-order valence-electron chi connectivity index (χ2n) is 3.47. The molecule has 0 amide bonds. The lowest BCUT2D eigenvalue weighted by atomic mass is 10.3. The molecule has 0 atom stereocenters. The first-order valence-electron chi connectivity index (χ1n) is 4.58. The van der Waals surface area contributed by atoms with Gasteiger partial charge in [0.1, 0.15) is 4.60 Å². The average molecular weight is 290 g/mol. The molecule has 0 saturated heterocycles. The zero-order valence-electron chi connectivity index (χ0n) is 8.37. The molecule has 0 saturated carbocycles. The molecule has 0 aliphatic rings. The highest BCUT2D eigenvalue weighted by Gasteiger charge is 2.15. The topological polar surface area (TPSA) is 31.0 Å². The molecular weight excluding hydrogens is 279 g/mol. The predicted molar refractivity (Wildman–Crippen MR) is 63.0 cm³/mol. The van der Waals surface area contributed by atoms with Gasteiger partial charge in [0.25, 0.3) is 0 Å². The largest absolute Gasteiger partial charge is 0.441 e. The molecule has 0 aliphatic carbocycles.